The van der Waals surface area contributed by atoms with Gasteiger partial charge >= 0.3 is 12.1 Å². The summed E-state index contributed by atoms with van der Waals surface area (Å²) in [4.78, 5) is 28.4. The van der Waals surface area contributed by atoms with Gasteiger partial charge in [-0.2, -0.15) is 0 Å². The van der Waals surface area contributed by atoms with E-state index >= 15 is 0 Å². The van der Waals surface area contributed by atoms with E-state index in [1.807, 2.05) is 0 Å². The van der Waals surface area contributed by atoms with Crippen molar-refractivity contribution in [3.8, 4) is 5.88 Å². The fraction of sp³-hybridized carbons (Fsp3) is 0.562. The van der Waals surface area contributed by atoms with Gasteiger partial charge in [0.25, 0.3) is 0 Å². The Balaban J connectivity index is 2.98. The van der Waals surface area contributed by atoms with Gasteiger partial charge in [-0.25, -0.2) is 9.78 Å². The number of methoxy groups -OCH3 is 1. The van der Waals surface area contributed by atoms with Gasteiger partial charge in [0.2, 0.25) is 5.88 Å². The van der Waals surface area contributed by atoms with Crippen molar-refractivity contribution in [2.45, 2.75) is 45.6 Å². The normalized spacial score (nSPS) is 11.0. The van der Waals surface area contributed by atoms with Crippen molar-refractivity contribution in [3.05, 3.63) is 17.8 Å². The molecule has 128 valence electrons. The molecule has 1 N–H and O–H groups in total. The standard InChI is InChI=1S/C16H24N2O5/c1-16(2,3)23-15(21)18(4)12-10-17-13(22-5)9-11(12)7-6-8-14(19)20/h9-10H,6-8H2,1-5H3,(H,19,20). The highest BCUT2D eigenvalue weighted by molar-refractivity contribution is 5.88. The van der Waals surface area contributed by atoms with Gasteiger partial charge in [-0.1, -0.05) is 0 Å². The Morgan fingerprint density at radius 3 is 2.52 bits per heavy atom. The van der Waals surface area contributed by atoms with Gasteiger partial charge in [0.1, 0.15) is 5.60 Å². The summed E-state index contributed by atoms with van der Waals surface area (Å²) in [5.41, 5.74) is 0.756. The van der Waals surface area contributed by atoms with Crippen LogP contribution in [0.3, 0.4) is 0 Å². The first-order valence-corrected chi connectivity index (χ1v) is 7.35. The SMILES string of the molecule is COc1cc(CCCC(=O)O)c(N(C)C(=O)OC(C)(C)C)cn1. The third-order valence-corrected chi connectivity index (χ3v) is 3.02. The van der Waals surface area contributed by atoms with Crippen LogP contribution in [-0.2, 0) is 16.0 Å². The predicted molar refractivity (Wildman–Crippen MR) is 86.0 cm³/mol. The summed E-state index contributed by atoms with van der Waals surface area (Å²) in [7, 11) is 3.10. The van der Waals surface area contributed by atoms with Crippen LogP contribution in [-0.4, -0.2) is 41.9 Å². The highest BCUT2D eigenvalue weighted by Gasteiger charge is 2.22. The number of carboxylic acid groups (broad SMARTS) is 1. The molecule has 1 amide bonds. The summed E-state index contributed by atoms with van der Waals surface area (Å²) in [6.07, 6.45) is 2.04. The van der Waals surface area contributed by atoms with Crippen molar-refractivity contribution in [1.29, 1.82) is 0 Å². The average Bonchev–Trinajstić information content (AvgIpc) is 2.44. The van der Waals surface area contributed by atoms with Gasteiger partial charge in [0, 0.05) is 19.5 Å². The highest BCUT2D eigenvalue weighted by Crippen LogP contribution is 2.25. The number of hydrogen-bond acceptors (Lipinski definition) is 5. The lowest BCUT2D eigenvalue weighted by Gasteiger charge is -2.26. The van der Waals surface area contributed by atoms with E-state index in [2.05, 4.69) is 4.98 Å². The van der Waals surface area contributed by atoms with E-state index in [0.29, 0.717) is 24.4 Å². The fourth-order valence-electron chi connectivity index (χ4n) is 1.94. The van der Waals surface area contributed by atoms with Crippen molar-refractivity contribution in [1.82, 2.24) is 4.98 Å². The predicted octanol–water partition coefficient (Wildman–Crippen LogP) is 2.87. The van der Waals surface area contributed by atoms with Gasteiger partial charge in [-0.3, -0.25) is 9.69 Å². The number of aliphatic carboxylic acids is 1. The van der Waals surface area contributed by atoms with Gasteiger partial charge < -0.3 is 14.6 Å². The number of ether oxygens (including phenoxy) is 2. The van der Waals surface area contributed by atoms with Crippen LogP contribution in [0.25, 0.3) is 0 Å². The summed E-state index contributed by atoms with van der Waals surface area (Å²) in [5, 5.41) is 8.76. The minimum absolute atomic E-state index is 0.0558. The molecule has 0 saturated heterocycles. The van der Waals surface area contributed by atoms with Crippen LogP contribution in [0.15, 0.2) is 12.3 Å². The molecule has 7 nitrogen and oxygen atoms in total. The first-order valence-electron chi connectivity index (χ1n) is 7.35. The number of rotatable bonds is 6. The molecule has 7 heteroatoms. The zero-order valence-corrected chi connectivity index (χ0v) is 14.3. The van der Waals surface area contributed by atoms with Crippen molar-refractivity contribution < 1.29 is 24.2 Å². The minimum Gasteiger partial charge on any atom is -0.481 e. The molecule has 0 aliphatic carbocycles. The summed E-state index contributed by atoms with van der Waals surface area (Å²) in [6.45, 7) is 5.37. The fourth-order valence-corrected chi connectivity index (χ4v) is 1.94. The number of anilines is 1. The van der Waals surface area contributed by atoms with Gasteiger partial charge in [0.05, 0.1) is 19.0 Å². The lowest BCUT2D eigenvalue weighted by molar-refractivity contribution is -0.137. The minimum atomic E-state index is -0.854. The number of pyridine rings is 1. The molecule has 0 bridgehead atoms. The molecule has 1 aromatic heterocycles. The molecule has 0 aliphatic heterocycles. The zero-order chi connectivity index (χ0) is 17.6. The number of carbonyl (C=O) groups is 2. The van der Waals surface area contributed by atoms with E-state index in [4.69, 9.17) is 14.6 Å². The van der Waals surface area contributed by atoms with Gasteiger partial charge in [0.15, 0.2) is 0 Å². The Labute approximate surface area is 136 Å². The first-order chi connectivity index (χ1) is 10.6. The average molecular weight is 324 g/mol. The number of carboxylic acids is 1. The molecule has 0 aromatic carbocycles. The summed E-state index contributed by atoms with van der Waals surface area (Å²) >= 11 is 0. The van der Waals surface area contributed by atoms with Crippen molar-refractivity contribution in [2.24, 2.45) is 0 Å². The highest BCUT2D eigenvalue weighted by atomic mass is 16.6. The monoisotopic (exact) mass is 324 g/mol. The Bertz CT molecular complexity index is 566. The molecule has 1 aromatic rings. The maximum Gasteiger partial charge on any atom is 0.414 e. The molecule has 0 aliphatic rings. The van der Waals surface area contributed by atoms with Crippen molar-refractivity contribution in [3.63, 3.8) is 0 Å². The number of hydrogen-bond donors (Lipinski definition) is 1. The maximum absolute atomic E-state index is 12.2. The van der Waals surface area contributed by atoms with Crippen LogP contribution in [0.2, 0.25) is 0 Å². The Morgan fingerprint density at radius 1 is 1.35 bits per heavy atom. The molecule has 0 radical (unpaired) electrons. The van der Waals surface area contributed by atoms with E-state index in [1.54, 1.807) is 33.9 Å². The number of aromatic nitrogens is 1. The molecule has 0 spiro atoms. The number of nitrogens with zero attached hydrogens (tertiary/aromatic N) is 2. The molecule has 1 heterocycles. The lowest BCUT2D eigenvalue weighted by Crippen LogP contribution is -2.34. The number of carbonyl (C=O) groups excluding carboxylic acids is 1. The van der Waals surface area contributed by atoms with Crippen LogP contribution in [0, 0.1) is 0 Å². The van der Waals surface area contributed by atoms with E-state index in [1.165, 1.54) is 18.2 Å². The number of amides is 1. The lowest BCUT2D eigenvalue weighted by atomic mass is 10.1. The molecule has 0 atom stereocenters. The largest absolute Gasteiger partial charge is 0.481 e. The first kappa shape index (κ1) is 18.7. The summed E-state index contributed by atoms with van der Waals surface area (Å²) < 4.78 is 10.4. The van der Waals surface area contributed by atoms with E-state index in [9.17, 15) is 9.59 Å². The van der Waals surface area contributed by atoms with Crippen molar-refractivity contribution >= 4 is 17.7 Å². The zero-order valence-electron chi connectivity index (χ0n) is 14.3. The third kappa shape index (κ3) is 6.14. The van der Waals surface area contributed by atoms with Crippen LogP contribution >= 0.6 is 0 Å². The molecule has 0 fully saturated rings. The van der Waals surface area contributed by atoms with Gasteiger partial charge in [-0.15, -0.1) is 0 Å². The molecular formula is C16H24N2O5. The second kappa shape index (κ2) is 7.80. The van der Waals surface area contributed by atoms with Crippen LogP contribution in [0.5, 0.6) is 5.88 Å². The molecule has 0 saturated carbocycles. The maximum atomic E-state index is 12.2. The van der Waals surface area contributed by atoms with E-state index < -0.39 is 17.7 Å². The van der Waals surface area contributed by atoms with Crippen LogP contribution in [0.4, 0.5) is 10.5 Å². The Kier molecular flexibility index (Phi) is 6.36. The topological polar surface area (TPSA) is 89.0 Å². The Hall–Kier alpha value is -2.31. The van der Waals surface area contributed by atoms with Crippen molar-refractivity contribution in [2.75, 3.05) is 19.1 Å². The number of aryl methyl sites for hydroxylation is 1. The molecular weight excluding hydrogens is 300 g/mol. The van der Waals surface area contributed by atoms with Gasteiger partial charge in [-0.05, 0) is 39.2 Å². The van der Waals surface area contributed by atoms with Crippen LogP contribution in [0.1, 0.15) is 39.2 Å². The summed E-state index contributed by atoms with van der Waals surface area (Å²) in [5.74, 6) is -0.440. The molecule has 23 heavy (non-hydrogen) atoms. The Morgan fingerprint density at radius 2 is 2.00 bits per heavy atom. The second-order valence-electron chi connectivity index (χ2n) is 6.14. The van der Waals surface area contributed by atoms with E-state index in [-0.39, 0.29) is 6.42 Å². The second-order valence-corrected chi connectivity index (χ2v) is 6.14. The smallest absolute Gasteiger partial charge is 0.414 e. The van der Waals surface area contributed by atoms with Crippen LogP contribution < -0.4 is 9.64 Å². The van der Waals surface area contributed by atoms with E-state index in [0.717, 1.165) is 5.56 Å². The molecule has 0 unspecified atom stereocenters. The summed E-state index contributed by atoms with van der Waals surface area (Å²) in [6, 6.07) is 1.71. The third-order valence-electron chi connectivity index (χ3n) is 3.02. The molecule has 1 rings (SSSR count). The quantitative estimate of drug-likeness (QED) is 0.865.